The monoisotopic (exact) mass is 229 g/mol. The molecule has 4 rings (SSSR count). The zero-order chi connectivity index (χ0) is 11.2. The van der Waals surface area contributed by atoms with E-state index in [1.165, 1.54) is 24.8 Å². The molecule has 0 unspecified atom stereocenters. The molecule has 0 spiro atoms. The first kappa shape index (κ1) is 9.63. The first-order valence-corrected chi connectivity index (χ1v) is 6.63. The maximum absolute atomic E-state index is 4.51. The van der Waals surface area contributed by atoms with Crippen LogP contribution in [-0.4, -0.2) is 17.1 Å². The van der Waals surface area contributed by atoms with Crippen LogP contribution in [0.5, 0.6) is 0 Å². The molecule has 3 nitrogen and oxygen atoms in total. The lowest BCUT2D eigenvalue weighted by Crippen LogP contribution is -2.38. The molecule has 2 saturated carbocycles. The predicted octanol–water partition coefficient (Wildman–Crippen LogP) is 3.04. The summed E-state index contributed by atoms with van der Waals surface area (Å²) in [5.41, 5.74) is 1.34. The van der Waals surface area contributed by atoms with Crippen molar-refractivity contribution in [3.05, 3.63) is 35.9 Å². The third kappa shape index (κ3) is 1.41. The average molecular weight is 229 g/mol. The SMILES string of the molecule is c1ccc(C[15N]2N=[15N][C@@H]3[C@H]4CC[C@H](C4)[C@@H]32)cc1. The minimum Gasteiger partial charge on any atom is -0.269 e. The topological polar surface area (TPSA) is 28.0 Å². The van der Waals surface area contributed by atoms with Crippen LogP contribution in [0.4, 0.5) is 0 Å². The Hall–Kier alpha value is -1.38. The van der Waals surface area contributed by atoms with Crippen LogP contribution in [0.2, 0.25) is 0 Å². The minimum atomic E-state index is 0.512. The number of hydrogen-bond acceptors (Lipinski definition) is 3. The molecule has 0 aromatic heterocycles. The lowest BCUT2D eigenvalue weighted by molar-refractivity contribution is 0.161. The highest BCUT2D eigenvalue weighted by molar-refractivity contribution is 5.16. The van der Waals surface area contributed by atoms with Crippen LogP contribution >= 0.6 is 0 Å². The van der Waals surface area contributed by atoms with Gasteiger partial charge in [0.25, 0.3) is 0 Å². The molecule has 17 heavy (non-hydrogen) atoms. The summed E-state index contributed by atoms with van der Waals surface area (Å²) in [6.07, 6.45) is 4.16. The highest BCUT2D eigenvalue weighted by atomic mass is 16.2. The Kier molecular flexibility index (Phi) is 2.01. The summed E-state index contributed by atoms with van der Waals surface area (Å²) in [7, 11) is 0. The van der Waals surface area contributed by atoms with Gasteiger partial charge in [0.1, 0.15) is 0 Å². The largest absolute Gasteiger partial charge is 0.269 e. The van der Waals surface area contributed by atoms with Crippen molar-refractivity contribution in [2.45, 2.75) is 37.9 Å². The van der Waals surface area contributed by atoms with Crippen molar-refractivity contribution in [1.82, 2.24) is 5.01 Å². The van der Waals surface area contributed by atoms with Gasteiger partial charge in [-0.2, -0.15) is 5.11 Å². The molecule has 2 aliphatic carbocycles. The molecule has 0 N–H and O–H groups in total. The lowest BCUT2D eigenvalue weighted by atomic mass is 9.93. The summed E-state index contributed by atoms with van der Waals surface area (Å²) in [4.78, 5) is 0. The van der Waals surface area contributed by atoms with Gasteiger partial charge in [0.05, 0.1) is 18.6 Å². The molecule has 88 valence electrons. The molecule has 1 heterocycles. The average Bonchev–Trinajstić information content (AvgIpc) is 3.03. The fourth-order valence-corrected chi connectivity index (χ4v) is 3.91. The second kappa shape index (κ2) is 3.56. The number of fused-ring (bicyclic) bond motifs is 5. The fourth-order valence-electron chi connectivity index (χ4n) is 3.91. The van der Waals surface area contributed by atoms with Crippen LogP contribution in [-0.2, 0) is 6.54 Å². The maximum atomic E-state index is 4.51. The Labute approximate surface area is 102 Å². The summed E-state index contributed by atoms with van der Waals surface area (Å²) in [6.45, 7) is 0.925. The lowest BCUT2D eigenvalue weighted by Gasteiger charge is -2.29. The molecule has 0 amide bonds. The van der Waals surface area contributed by atoms with Crippen molar-refractivity contribution in [3.63, 3.8) is 0 Å². The smallest absolute Gasteiger partial charge is 0.0980 e. The summed E-state index contributed by atoms with van der Waals surface area (Å²) in [5.74, 6) is 1.68. The van der Waals surface area contributed by atoms with Crippen LogP contribution in [0.3, 0.4) is 0 Å². The van der Waals surface area contributed by atoms with Gasteiger partial charge in [-0.1, -0.05) is 35.6 Å². The van der Waals surface area contributed by atoms with Crippen molar-refractivity contribution >= 4 is 0 Å². The van der Waals surface area contributed by atoms with E-state index in [-0.39, 0.29) is 0 Å². The number of nitrogens with zero attached hydrogens (tertiary/aromatic N) is 3. The molecule has 1 aromatic carbocycles. The normalized spacial score (nSPS) is 37.8. The third-order valence-electron chi connectivity index (χ3n) is 4.66. The standard InChI is InChI=1S/C14H17N3/c1-2-4-10(5-3-1)9-17-14-12-7-6-11(8-12)13(14)15-16-17/h1-5,11-14H,6-9H2/t11-,12+,13+,14-/m0/s1/i15+1,17+1. The van der Waals surface area contributed by atoms with Crippen molar-refractivity contribution in [1.29, 1.82) is 0 Å². The summed E-state index contributed by atoms with van der Waals surface area (Å²) in [6, 6.07) is 11.7. The molecule has 3 heteroatoms. The Morgan fingerprint density at radius 2 is 1.94 bits per heavy atom. The van der Waals surface area contributed by atoms with E-state index in [1.54, 1.807) is 0 Å². The Morgan fingerprint density at radius 1 is 1.12 bits per heavy atom. The number of rotatable bonds is 2. The van der Waals surface area contributed by atoms with E-state index in [4.69, 9.17) is 0 Å². The zero-order valence-electron chi connectivity index (χ0n) is 9.87. The number of benzene rings is 1. The second-order valence-corrected chi connectivity index (χ2v) is 5.60. The Morgan fingerprint density at radius 3 is 2.82 bits per heavy atom. The van der Waals surface area contributed by atoms with Gasteiger partial charge in [-0.15, -0.1) is 0 Å². The second-order valence-electron chi connectivity index (χ2n) is 5.60. The molecule has 1 aliphatic heterocycles. The van der Waals surface area contributed by atoms with Gasteiger partial charge < -0.3 is 0 Å². The quantitative estimate of drug-likeness (QED) is 0.716. The van der Waals surface area contributed by atoms with E-state index in [1.807, 2.05) is 0 Å². The summed E-state index contributed by atoms with van der Waals surface area (Å²) < 4.78 is 0. The zero-order valence-corrected chi connectivity index (χ0v) is 9.87. The molecular formula is C14H17N3. The van der Waals surface area contributed by atoms with Crippen molar-refractivity contribution in [2.75, 3.05) is 0 Å². The molecule has 3 aliphatic rings. The molecule has 2 fully saturated rings. The Bertz CT molecular complexity index is 442. The predicted molar refractivity (Wildman–Crippen MR) is 65.2 cm³/mol. The third-order valence-corrected chi connectivity index (χ3v) is 4.66. The van der Waals surface area contributed by atoms with E-state index < -0.39 is 0 Å². The molecule has 2 bridgehead atoms. The molecular weight excluding hydrogens is 212 g/mol. The van der Waals surface area contributed by atoms with Crippen molar-refractivity contribution < 1.29 is 0 Å². The van der Waals surface area contributed by atoms with Crippen LogP contribution < -0.4 is 0 Å². The van der Waals surface area contributed by atoms with E-state index in [9.17, 15) is 0 Å². The van der Waals surface area contributed by atoms with Crippen LogP contribution in [0.15, 0.2) is 40.7 Å². The van der Waals surface area contributed by atoms with Gasteiger partial charge in [0.2, 0.25) is 0 Å². The van der Waals surface area contributed by atoms with Crippen molar-refractivity contribution in [2.24, 2.45) is 22.2 Å². The van der Waals surface area contributed by atoms with Crippen LogP contribution in [0.1, 0.15) is 24.8 Å². The minimum absolute atomic E-state index is 0.512. The van der Waals surface area contributed by atoms with E-state index >= 15 is 0 Å². The maximum Gasteiger partial charge on any atom is 0.0980 e. The summed E-state index contributed by atoms with van der Waals surface area (Å²) >= 11 is 0. The molecule has 4 atom stereocenters. The highest BCUT2D eigenvalue weighted by Gasteiger charge is 2.53. The molecule has 0 saturated heterocycles. The van der Waals surface area contributed by atoms with Crippen LogP contribution in [0, 0.1) is 11.8 Å². The van der Waals surface area contributed by atoms with Gasteiger partial charge in [-0.25, -0.2) is 0 Å². The Balaban J connectivity index is 1.55. The van der Waals surface area contributed by atoms with Gasteiger partial charge in [0.15, 0.2) is 0 Å². The number of hydrogen-bond donors (Lipinski definition) is 0. The van der Waals surface area contributed by atoms with E-state index in [0.29, 0.717) is 12.1 Å². The molecule has 0 radical (unpaired) electrons. The van der Waals surface area contributed by atoms with Gasteiger partial charge in [-0.3, -0.25) is 5.01 Å². The first-order chi connectivity index (χ1) is 8.42. The summed E-state index contributed by atoms with van der Waals surface area (Å²) in [5, 5.41) is 11.2. The van der Waals surface area contributed by atoms with E-state index in [2.05, 4.69) is 45.7 Å². The van der Waals surface area contributed by atoms with Gasteiger partial charge in [0, 0.05) is 0 Å². The van der Waals surface area contributed by atoms with Gasteiger partial charge in [-0.05, 0) is 36.7 Å². The first-order valence-electron chi connectivity index (χ1n) is 6.63. The van der Waals surface area contributed by atoms with Gasteiger partial charge >= 0.3 is 0 Å². The van der Waals surface area contributed by atoms with Crippen LogP contribution in [0.25, 0.3) is 0 Å². The molecule has 1 aromatic rings. The van der Waals surface area contributed by atoms with Crippen molar-refractivity contribution in [3.8, 4) is 0 Å². The highest BCUT2D eigenvalue weighted by Crippen LogP contribution is 2.50. The fraction of sp³-hybridized carbons (Fsp3) is 0.571. The van der Waals surface area contributed by atoms with E-state index in [0.717, 1.165) is 18.4 Å².